The molecule has 0 bridgehead atoms. The Morgan fingerprint density at radius 2 is 1.04 bits per heavy atom. The Labute approximate surface area is 283 Å². The minimum atomic E-state index is -0.0558. The number of hydrogen-bond acceptors (Lipinski definition) is 3. The molecule has 9 aromatic rings. The van der Waals surface area contributed by atoms with Crippen LogP contribution in [0.2, 0.25) is 0 Å². The molecule has 2 nitrogen and oxygen atoms in total. The summed E-state index contributed by atoms with van der Waals surface area (Å²) < 4.78 is 2.65. The van der Waals surface area contributed by atoms with Gasteiger partial charge in [-0.2, -0.15) is 0 Å². The number of pyridine rings is 2. The zero-order valence-corrected chi connectivity index (χ0v) is 27.5. The Kier molecular flexibility index (Phi) is 5.82. The lowest BCUT2D eigenvalue weighted by Crippen LogP contribution is -2.14. The standard InChI is InChI=1S/C45H30N2S/c1-45(2)37-12-5-3-10-33(37)34-20-16-32(26-38(34)45)40-22-18-28-15-14-27-17-21-39(46-43(27)44(28)47-40)31-9-7-8-29(24-31)30-19-23-42-36(25-30)35-11-4-6-13-41(35)48-42/h3-26H,1-2H3. The highest BCUT2D eigenvalue weighted by atomic mass is 32.1. The van der Waals surface area contributed by atoms with Gasteiger partial charge in [-0.3, -0.25) is 0 Å². The van der Waals surface area contributed by atoms with Crippen LogP contribution < -0.4 is 0 Å². The predicted octanol–water partition coefficient (Wildman–Crippen LogP) is 12.5. The summed E-state index contributed by atoms with van der Waals surface area (Å²) in [7, 11) is 0. The molecular weight excluding hydrogens is 601 g/mol. The van der Waals surface area contributed by atoms with E-state index < -0.39 is 0 Å². The highest BCUT2D eigenvalue weighted by Gasteiger charge is 2.35. The van der Waals surface area contributed by atoms with Gasteiger partial charge in [-0.15, -0.1) is 11.3 Å². The lowest BCUT2D eigenvalue weighted by Gasteiger charge is -2.21. The first kappa shape index (κ1) is 27.5. The van der Waals surface area contributed by atoms with Gasteiger partial charge in [-0.25, -0.2) is 9.97 Å². The van der Waals surface area contributed by atoms with Gasteiger partial charge >= 0.3 is 0 Å². The second-order valence-electron chi connectivity index (χ2n) is 13.4. The van der Waals surface area contributed by atoms with Gasteiger partial charge in [0.15, 0.2) is 0 Å². The van der Waals surface area contributed by atoms with Gasteiger partial charge in [0, 0.05) is 47.5 Å². The van der Waals surface area contributed by atoms with E-state index in [4.69, 9.17) is 9.97 Å². The average Bonchev–Trinajstić information content (AvgIpc) is 3.62. The van der Waals surface area contributed by atoms with E-state index in [1.165, 1.54) is 53.6 Å². The Hall–Kier alpha value is -5.64. The molecule has 0 aliphatic heterocycles. The molecule has 0 N–H and O–H groups in total. The third kappa shape index (κ3) is 4.11. The van der Waals surface area contributed by atoms with Crippen molar-refractivity contribution >= 4 is 53.3 Å². The highest BCUT2D eigenvalue weighted by molar-refractivity contribution is 7.25. The maximum atomic E-state index is 5.28. The first-order valence-corrected chi connectivity index (χ1v) is 17.3. The maximum absolute atomic E-state index is 5.28. The number of rotatable bonds is 3. The Morgan fingerprint density at radius 1 is 0.438 bits per heavy atom. The summed E-state index contributed by atoms with van der Waals surface area (Å²) in [5.74, 6) is 0. The SMILES string of the molecule is CC1(C)c2ccccc2-c2ccc(-c3ccc4ccc5ccc(-c6cccc(-c7ccc8sc9ccccc9c8c7)c6)nc5c4n3)cc21. The summed E-state index contributed by atoms with van der Waals surface area (Å²) in [6, 6.07) is 52.8. The molecule has 10 rings (SSSR count). The van der Waals surface area contributed by atoms with Crippen LogP contribution in [-0.2, 0) is 5.41 Å². The molecule has 3 heteroatoms. The predicted molar refractivity (Wildman–Crippen MR) is 204 cm³/mol. The number of benzene rings is 6. The van der Waals surface area contributed by atoms with Gasteiger partial charge in [0.2, 0.25) is 0 Å². The molecule has 48 heavy (non-hydrogen) atoms. The van der Waals surface area contributed by atoms with Crippen molar-refractivity contribution in [2.24, 2.45) is 0 Å². The van der Waals surface area contributed by atoms with Gasteiger partial charge in [0.05, 0.1) is 22.4 Å². The zero-order chi connectivity index (χ0) is 32.0. The van der Waals surface area contributed by atoms with Crippen LogP contribution in [0.5, 0.6) is 0 Å². The zero-order valence-electron chi connectivity index (χ0n) is 26.7. The fourth-order valence-corrected chi connectivity index (χ4v) is 8.80. The van der Waals surface area contributed by atoms with Crippen molar-refractivity contribution in [2.45, 2.75) is 19.3 Å². The number of fused-ring (bicyclic) bond motifs is 9. The summed E-state index contributed by atoms with van der Waals surface area (Å²) in [4.78, 5) is 10.6. The largest absolute Gasteiger partial charge is 0.245 e. The summed E-state index contributed by atoms with van der Waals surface area (Å²) in [6.45, 7) is 4.65. The fraction of sp³-hybridized carbons (Fsp3) is 0.0667. The first-order valence-electron chi connectivity index (χ1n) is 16.5. The molecule has 226 valence electrons. The molecule has 0 atom stereocenters. The summed E-state index contributed by atoms with van der Waals surface area (Å²) in [6.07, 6.45) is 0. The van der Waals surface area contributed by atoms with Crippen LogP contribution in [0.3, 0.4) is 0 Å². The van der Waals surface area contributed by atoms with Crippen LogP contribution in [0.4, 0.5) is 0 Å². The summed E-state index contributed by atoms with van der Waals surface area (Å²) >= 11 is 1.85. The quantitative estimate of drug-likeness (QED) is 0.182. The van der Waals surface area contributed by atoms with E-state index in [2.05, 4.69) is 159 Å². The molecule has 3 heterocycles. The third-order valence-electron chi connectivity index (χ3n) is 10.3. The second-order valence-corrected chi connectivity index (χ2v) is 14.5. The van der Waals surface area contributed by atoms with Crippen molar-refractivity contribution in [1.29, 1.82) is 0 Å². The maximum Gasteiger partial charge on any atom is 0.0972 e. The van der Waals surface area contributed by atoms with E-state index in [9.17, 15) is 0 Å². The molecule has 0 radical (unpaired) electrons. The van der Waals surface area contributed by atoms with Crippen LogP contribution in [0.25, 0.3) is 86.7 Å². The van der Waals surface area contributed by atoms with Crippen LogP contribution >= 0.6 is 11.3 Å². The van der Waals surface area contributed by atoms with Crippen molar-refractivity contribution in [3.05, 3.63) is 157 Å². The van der Waals surface area contributed by atoms with E-state index >= 15 is 0 Å². The van der Waals surface area contributed by atoms with Gasteiger partial charge in [0.1, 0.15) is 0 Å². The molecule has 0 saturated heterocycles. The lowest BCUT2D eigenvalue weighted by molar-refractivity contribution is 0.660. The first-order chi connectivity index (χ1) is 23.5. The highest BCUT2D eigenvalue weighted by Crippen LogP contribution is 2.49. The van der Waals surface area contributed by atoms with Gasteiger partial charge < -0.3 is 0 Å². The van der Waals surface area contributed by atoms with Crippen LogP contribution in [0, 0.1) is 0 Å². The molecule has 6 aromatic carbocycles. The van der Waals surface area contributed by atoms with Crippen molar-refractivity contribution in [1.82, 2.24) is 9.97 Å². The summed E-state index contributed by atoms with van der Waals surface area (Å²) in [5, 5.41) is 4.81. The van der Waals surface area contributed by atoms with Gasteiger partial charge in [-0.05, 0) is 75.8 Å². The van der Waals surface area contributed by atoms with Crippen molar-refractivity contribution < 1.29 is 0 Å². The van der Waals surface area contributed by atoms with Gasteiger partial charge in [-0.1, -0.05) is 117 Å². The van der Waals surface area contributed by atoms with Crippen molar-refractivity contribution in [3.8, 4) is 44.8 Å². The minimum absolute atomic E-state index is 0.0558. The van der Waals surface area contributed by atoms with Crippen molar-refractivity contribution in [3.63, 3.8) is 0 Å². The molecular formula is C45H30N2S. The van der Waals surface area contributed by atoms with Crippen LogP contribution in [-0.4, -0.2) is 9.97 Å². The molecule has 0 saturated carbocycles. The Bertz CT molecular complexity index is 2770. The molecule has 1 aliphatic rings. The summed E-state index contributed by atoms with van der Waals surface area (Å²) in [5.41, 5.74) is 13.7. The normalized spacial score (nSPS) is 13.4. The molecule has 3 aromatic heterocycles. The van der Waals surface area contributed by atoms with Crippen molar-refractivity contribution in [2.75, 3.05) is 0 Å². The Balaban J connectivity index is 1.06. The number of thiophene rings is 1. The van der Waals surface area contributed by atoms with Gasteiger partial charge in [0.25, 0.3) is 0 Å². The average molecular weight is 631 g/mol. The van der Waals surface area contributed by atoms with E-state index in [0.29, 0.717) is 0 Å². The molecule has 0 spiro atoms. The smallest absolute Gasteiger partial charge is 0.0972 e. The number of hydrogen-bond donors (Lipinski definition) is 0. The van der Waals surface area contributed by atoms with E-state index in [1.54, 1.807) is 0 Å². The number of aromatic nitrogens is 2. The van der Waals surface area contributed by atoms with E-state index in [-0.39, 0.29) is 5.41 Å². The lowest BCUT2D eigenvalue weighted by atomic mass is 9.82. The fourth-order valence-electron chi connectivity index (χ4n) is 7.72. The molecule has 0 amide bonds. The second kappa shape index (κ2) is 10.2. The minimum Gasteiger partial charge on any atom is -0.245 e. The Morgan fingerprint density at radius 3 is 1.85 bits per heavy atom. The molecule has 1 aliphatic carbocycles. The monoisotopic (exact) mass is 630 g/mol. The molecule has 0 fully saturated rings. The molecule has 0 unspecified atom stereocenters. The van der Waals surface area contributed by atoms with E-state index in [0.717, 1.165) is 44.3 Å². The van der Waals surface area contributed by atoms with Crippen LogP contribution in [0.1, 0.15) is 25.0 Å². The third-order valence-corrected chi connectivity index (χ3v) is 11.4. The topological polar surface area (TPSA) is 25.8 Å². The number of nitrogens with zero attached hydrogens (tertiary/aromatic N) is 2. The van der Waals surface area contributed by atoms with Crippen LogP contribution in [0.15, 0.2) is 146 Å². The van der Waals surface area contributed by atoms with E-state index in [1.807, 2.05) is 11.3 Å².